The van der Waals surface area contributed by atoms with Gasteiger partial charge in [0.05, 0.1) is 12.6 Å². The highest BCUT2D eigenvalue weighted by molar-refractivity contribution is 6.01. The number of nitrogens with one attached hydrogen (secondary N) is 1. The van der Waals surface area contributed by atoms with Gasteiger partial charge in [-0.2, -0.15) is 0 Å². The third kappa shape index (κ3) is 8.10. The van der Waals surface area contributed by atoms with E-state index in [-0.39, 0.29) is 43.2 Å². The number of nitrogens with zero attached hydrogens (tertiary/aromatic N) is 2. The second-order valence-corrected chi connectivity index (χ2v) is 11.4. The van der Waals surface area contributed by atoms with Crippen molar-refractivity contribution in [3.63, 3.8) is 0 Å². The summed E-state index contributed by atoms with van der Waals surface area (Å²) >= 11 is 0. The van der Waals surface area contributed by atoms with Crippen molar-refractivity contribution in [1.82, 2.24) is 15.1 Å². The summed E-state index contributed by atoms with van der Waals surface area (Å²) in [4.78, 5) is 40.1. The second-order valence-electron chi connectivity index (χ2n) is 11.4. The topological polar surface area (TPSA) is 99.2 Å². The van der Waals surface area contributed by atoms with Crippen LogP contribution >= 0.6 is 0 Å². The minimum Gasteiger partial charge on any atom is -0.488 e. The lowest BCUT2D eigenvalue weighted by Crippen LogP contribution is -2.46. The predicted octanol–water partition coefficient (Wildman–Crippen LogP) is 3.68. The lowest BCUT2D eigenvalue weighted by molar-refractivity contribution is -0.125. The van der Waals surface area contributed by atoms with E-state index in [9.17, 15) is 23.9 Å². The number of benzene rings is 2. The number of hydrogen-bond acceptors (Lipinski definition) is 6. The normalized spacial score (nSPS) is 14.8. The Bertz CT molecular complexity index is 1180. The molecular weight excluding hydrogens is 501 g/mol. The number of aliphatic hydroxyl groups is 1. The molecule has 1 heterocycles. The van der Waals surface area contributed by atoms with Crippen molar-refractivity contribution in [1.29, 1.82) is 0 Å². The van der Waals surface area contributed by atoms with Gasteiger partial charge in [-0.05, 0) is 48.6 Å². The standard InChI is InChI=1S/C30H40FN3O5/c1-20(36)15-33(19-30(2,3)4)16-21-11-12-25(31)22(14-21)18-39-27-10-6-8-23-24(27)17-34(29(23)38)26(9-7-13-35)28(37)32-5/h6,8,10-14,20,26,36H,7,9,15-19H2,1-5H3,(H,32,37). The van der Waals surface area contributed by atoms with Gasteiger partial charge in [0.15, 0.2) is 0 Å². The molecule has 8 nitrogen and oxygen atoms in total. The molecule has 3 rings (SSSR count). The molecule has 2 atom stereocenters. The lowest BCUT2D eigenvalue weighted by atomic mass is 9.95. The third-order valence-corrected chi connectivity index (χ3v) is 6.56. The van der Waals surface area contributed by atoms with Crippen molar-refractivity contribution >= 4 is 18.1 Å². The summed E-state index contributed by atoms with van der Waals surface area (Å²) < 4.78 is 20.8. The average molecular weight is 542 g/mol. The first-order valence-corrected chi connectivity index (χ1v) is 13.3. The molecule has 0 radical (unpaired) electrons. The Hall–Kier alpha value is -3.30. The summed E-state index contributed by atoms with van der Waals surface area (Å²) in [5.74, 6) is -0.589. The highest BCUT2D eigenvalue weighted by atomic mass is 19.1. The van der Waals surface area contributed by atoms with Crippen LogP contribution in [-0.2, 0) is 29.3 Å². The van der Waals surface area contributed by atoms with Crippen LogP contribution in [0.2, 0.25) is 0 Å². The molecule has 2 unspecified atom stereocenters. The van der Waals surface area contributed by atoms with Gasteiger partial charge in [0.25, 0.3) is 5.91 Å². The number of aliphatic hydroxyl groups excluding tert-OH is 1. The number of aldehydes is 1. The van der Waals surface area contributed by atoms with Gasteiger partial charge in [-0.3, -0.25) is 14.5 Å². The summed E-state index contributed by atoms with van der Waals surface area (Å²) in [6, 6.07) is 9.26. The van der Waals surface area contributed by atoms with E-state index >= 15 is 0 Å². The van der Waals surface area contributed by atoms with Gasteiger partial charge in [-0.1, -0.05) is 32.9 Å². The van der Waals surface area contributed by atoms with Gasteiger partial charge in [-0.15, -0.1) is 0 Å². The number of likely N-dealkylation sites (N-methyl/N-ethyl adjacent to an activating group) is 1. The molecule has 0 aromatic heterocycles. The van der Waals surface area contributed by atoms with E-state index in [0.717, 1.165) is 18.4 Å². The number of halogens is 1. The minimum absolute atomic E-state index is 0.0317. The van der Waals surface area contributed by atoms with Crippen molar-refractivity contribution in [3.8, 4) is 5.75 Å². The first-order chi connectivity index (χ1) is 18.4. The molecule has 1 aliphatic heterocycles. The Morgan fingerprint density at radius 2 is 2.03 bits per heavy atom. The summed E-state index contributed by atoms with van der Waals surface area (Å²) in [6.07, 6.45) is 0.618. The van der Waals surface area contributed by atoms with Gasteiger partial charge in [-0.25, -0.2) is 4.39 Å². The Labute approximate surface area is 230 Å². The molecule has 2 amide bonds. The maximum Gasteiger partial charge on any atom is 0.255 e. The molecule has 2 aromatic carbocycles. The molecule has 1 aliphatic rings. The number of hydrogen-bond donors (Lipinski definition) is 2. The molecule has 0 saturated heterocycles. The monoisotopic (exact) mass is 541 g/mol. The number of rotatable bonds is 13. The van der Waals surface area contributed by atoms with Crippen LogP contribution in [0.1, 0.15) is 67.6 Å². The first-order valence-electron chi connectivity index (χ1n) is 13.3. The van der Waals surface area contributed by atoms with E-state index in [0.29, 0.717) is 35.5 Å². The zero-order chi connectivity index (χ0) is 28.7. The summed E-state index contributed by atoms with van der Waals surface area (Å²) in [7, 11) is 1.49. The summed E-state index contributed by atoms with van der Waals surface area (Å²) in [6.45, 7) is 10.1. The lowest BCUT2D eigenvalue weighted by Gasteiger charge is -2.31. The minimum atomic E-state index is -0.778. The Kier molecular flexibility index (Phi) is 10.2. The highest BCUT2D eigenvalue weighted by Gasteiger charge is 2.37. The third-order valence-electron chi connectivity index (χ3n) is 6.56. The van der Waals surface area contributed by atoms with Crippen molar-refractivity contribution in [2.75, 3.05) is 20.1 Å². The quantitative estimate of drug-likeness (QED) is 0.376. The van der Waals surface area contributed by atoms with Gasteiger partial charge in [0.1, 0.15) is 30.5 Å². The van der Waals surface area contributed by atoms with Crippen LogP contribution < -0.4 is 10.1 Å². The number of carbonyl (C=O) groups is 3. The summed E-state index contributed by atoms with van der Waals surface area (Å²) in [5.41, 5.74) is 2.38. The van der Waals surface area contributed by atoms with Crippen molar-refractivity contribution in [3.05, 3.63) is 64.5 Å². The van der Waals surface area contributed by atoms with E-state index in [1.165, 1.54) is 18.0 Å². The van der Waals surface area contributed by atoms with Crippen LogP contribution in [0.5, 0.6) is 5.75 Å². The van der Waals surface area contributed by atoms with Crippen LogP contribution in [0, 0.1) is 11.2 Å². The predicted molar refractivity (Wildman–Crippen MR) is 147 cm³/mol. The molecule has 212 valence electrons. The van der Waals surface area contributed by atoms with E-state index in [1.807, 2.05) is 0 Å². The SMILES string of the molecule is CNC(=O)C(CCC=O)N1Cc2c(OCc3cc(CN(CC(C)O)CC(C)(C)C)ccc3F)cccc2C1=O. The molecule has 2 aromatic rings. The number of amides is 2. The van der Waals surface area contributed by atoms with Crippen LogP contribution in [0.4, 0.5) is 4.39 Å². The van der Waals surface area contributed by atoms with Crippen molar-refractivity contribution in [2.45, 2.75) is 72.4 Å². The van der Waals surface area contributed by atoms with E-state index < -0.39 is 18.0 Å². The molecule has 0 saturated carbocycles. The molecule has 0 fully saturated rings. The summed E-state index contributed by atoms with van der Waals surface area (Å²) in [5, 5.41) is 12.5. The number of ether oxygens (including phenoxy) is 1. The zero-order valence-electron chi connectivity index (χ0n) is 23.5. The first kappa shape index (κ1) is 30.2. The largest absolute Gasteiger partial charge is 0.488 e. The van der Waals surface area contributed by atoms with Gasteiger partial charge < -0.3 is 24.9 Å². The van der Waals surface area contributed by atoms with Gasteiger partial charge in [0.2, 0.25) is 5.91 Å². The highest BCUT2D eigenvalue weighted by Crippen LogP contribution is 2.33. The van der Waals surface area contributed by atoms with Crippen LogP contribution in [0.3, 0.4) is 0 Å². The number of carbonyl (C=O) groups excluding carboxylic acids is 3. The fraction of sp³-hybridized carbons (Fsp3) is 0.500. The van der Waals surface area contributed by atoms with Crippen LogP contribution in [0.15, 0.2) is 36.4 Å². The molecule has 2 N–H and O–H groups in total. The van der Waals surface area contributed by atoms with E-state index in [2.05, 4.69) is 31.0 Å². The molecular formula is C30H40FN3O5. The zero-order valence-corrected chi connectivity index (χ0v) is 23.5. The average Bonchev–Trinajstić information content (AvgIpc) is 3.19. The number of fused-ring (bicyclic) bond motifs is 1. The molecule has 39 heavy (non-hydrogen) atoms. The van der Waals surface area contributed by atoms with Crippen LogP contribution in [0.25, 0.3) is 0 Å². The van der Waals surface area contributed by atoms with Crippen molar-refractivity contribution in [2.24, 2.45) is 5.41 Å². The maximum atomic E-state index is 14.8. The van der Waals surface area contributed by atoms with Crippen LogP contribution in [-0.4, -0.2) is 65.3 Å². The molecule has 0 spiro atoms. The van der Waals surface area contributed by atoms with E-state index in [1.54, 1.807) is 37.3 Å². The van der Waals surface area contributed by atoms with E-state index in [4.69, 9.17) is 4.74 Å². The molecule has 0 aliphatic carbocycles. The Balaban J connectivity index is 1.77. The Morgan fingerprint density at radius 3 is 2.67 bits per heavy atom. The van der Waals surface area contributed by atoms with Gasteiger partial charge >= 0.3 is 0 Å². The maximum absolute atomic E-state index is 14.8. The second kappa shape index (κ2) is 13.2. The smallest absolute Gasteiger partial charge is 0.255 e. The molecule has 0 bridgehead atoms. The fourth-order valence-corrected chi connectivity index (χ4v) is 5.01. The van der Waals surface area contributed by atoms with Crippen molar-refractivity contribution < 1.29 is 28.6 Å². The molecule has 9 heteroatoms. The fourth-order valence-electron chi connectivity index (χ4n) is 5.01. The van der Waals surface area contributed by atoms with Gasteiger partial charge in [0, 0.05) is 49.8 Å². The Morgan fingerprint density at radius 1 is 1.28 bits per heavy atom.